The minimum absolute atomic E-state index is 0.0171. The van der Waals surface area contributed by atoms with E-state index in [1.54, 1.807) is 0 Å². The van der Waals surface area contributed by atoms with Gasteiger partial charge in [0.2, 0.25) is 0 Å². The van der Waals surface area contributed by atoms with Crippen molar-refractivity contribution >= 4 is 11.9 Å². The Morgan fingerprint density at radius 3 is 2.12 bits per heavy atom. The first-order valence-corrected chi connectivity index (χ1v) is 9.82. The number of carbonyl (C=O) groups excluding carboxylic acids is 1. The van der Waals surface area contributed by atoms with Crippen molar-refractivity contribution in [3.8, 4) is 0 Å². The maximum atomic E-state index is 12.5. The lowest BCUT2D eigenvalue weighted by atomic mass is 9.82. The summed E-state index contributed by atoms with van der Waals surface area (Å²) in [7, 11) is 0. The van der Waals surface area contributed by atoms with Crippen LogP contribution in [0, 0.1) is 23.7 Å². The highest BCUT2D eigenvalue weighted by Crippen LogP contribution is 2.31. The average molecular weight is 341 g/mol. The second-order valence-electron chi connectivity index (χ2n) is 7.76. The fourth-order valence-electron chi connectivity index (χ4n) is 3.59. The maximum Gasteiger partial charge on any atom is 0.309 e. The summed E-state index contributed by atoms with van der Waals surface area (Å²) in [6.45, 7) is 8.66. The van der Waals surface area contributed by atoms with Crippen LogP contribution in [0.3, 0.4) is 0 Å². The lowest BCUT2D eigenvalue weighted by Crippen LogP contribution is -2.32. The Kier molecular flexibility index (Phi) is 9.38. The van der Waals surface area contributed by atoms with E-state index in [4.69, 9.17) is 9.84 Å². The number of carbonyl (C=O) groups is 2. The van der Waals surface area contributed by atoms with Gasteiger partial charge in [0.05, 0.1) is 11.8 Å². The van der Waals surface area contributed by atoms with E-state index in [0.29, 0.717) is 37.5 Å². The zero-order chi connectivity index (χ0) is 18.1. The summed E-state index contributed by atoms with van der Waals surface area (Å²) in [5, 5.41) is 9.06. The van der Waals surface area contributed by atoms with Gasteiger partial charge in [-0.25, -0.2) is 0 Å². The second kappa shape index (κ2) is 10.7. The summed E-state index contributed by atoms with van der Waals surface area (Å²) in [5.74, 6) is -0.301. The minimum Gasteiger partial charge on any atom is -0.481 e. The number of ether oxygens (including phenoxy) is 1. The summed E-state index contributed by atoms with van der Waals surface area (Å²) in [6.07, 6.45) is 8.18. The first-order chi connectivity index (χ1) is 11.4. The zero-order valence-electron chi connectivity index (χ0n) is 15.9. The van der Waals surface area contributed by atoms with Crippen LogP contribution < -0.4 is 0 Å². The molecule has 0 heterocycles. The van der Waals surface area contributed by atoms with Crippen LogP contribution in [0.15, 0.2) is 0 Å². The number of hydrogen-bond donors (Lipinski definition) is 1. The quantitative estimate of drug-likeness (QED) is 0.565. The third kappa shape index (κ3) is 6.82. The molecule has 0 radical (unpaired) electrons. The molecule has 1 N–H and O–H groups in total. The van der Waals surface area contributed by atoms with Crippen molar-refractivity contribution < 1.29 is 19.4 Å². The fraction of sp³-hybridized carbons (Fsp3) is 0.900. The molecule has 2 atom stereocenters. The Morgan fingerprint density at radius 2 is 1.67 bits per heavy atom. The number of hydrogen-bond acceptors (Lipinski definition) is 3. The van der Waals surface area contributed by atoms with Gasteiger partial charge in [0.15, 0.2) is 0 Å². The second-order valence-corrected chi connectivity index (χ2v) is 7.76. The van der Waals surface area contributed by atoms with Crippen LogP contribution in [0.25, 0.3) is 0 Å². The van der Waals surface area contributed by atoms with Crippen molar-refractivity contribution in [2.45, 2.75) is 91.6 Å². The Bertz CT molecular complexity index is 383. The molecule has 1 rings (SSSR count). The van der Waals surface area contributed by atoms with E-state index >= 15 is 0 Å². The largest absolute Gasteiger partial charge is 0.481 e. The van der Waals surface area contributed by atoms with E-state index in [1.165, 1.54) is 19.3 Å². The van der Waals surface area contributed by atoms with Gasteiger partial charge in [0, 0.05) is 0 Å². The molecule has 140 valence electrons. The van der Waals surface area contributed by atoms with Crippen molar-refractivity contribution in [1.29, 1.82) is 0 Å². The van der Waals surface area contributed by atoms with Crippen LogP contribution in [0.2, 0.25) is 0 Å². The van der Waals surface area contributed by atoms with Crippen molar-refractivity contribution in [3.05, 3.63) is 0 Å². The first-order valence-electron chi connectivity index (χ1n) is 9.82. The van der Waals surface area contributed by atoms with Gasteiger partial charge in [-0.1, -0.05) is 53.4 Å². The standard InChI is InChI=1S/C20H36O4/c1-5-7-8-15(6-2)13-18(14(3)4)24-20(23)17-11-9-16(10-12-17)19(21)22/h14-18H,5-13H2,1-4H3,(H,21,22). The van der Waals surface area contributed by atoms with Gasteiger partial charge in [-0.2, -0.15) is 0 Å². The lowest BCUT2D eigenvalue weighted by Gasteiger charge is -2.30. The van der Waals surface area contributed by atoms with Gasteiger partial charge < -0.3 is 9.84 Å². The lowest BCUT2D eigenvalue weighted by molar-refractivity contribution is -0.160. The Balaban J connectivity index is 2.52. The third-order valence-electron chi connectivity index (χ3n) is 5.53. The predicted octanol–water partition coefficient (Wildman–Crippen LogP) is 5.05. The topological polar surface area (TPSA) is 63.6 Å². The van der Waals surface area contributed by atoms with Crippen LogP contribution in [-0.2, 0) is 14.3 Å². The molecule has 0 aromatic heterocycles. The number of rotatable bonds is 10. The number of esters is 1. The monoisotopic (exact) mass is 340 g/mol. The molecule has 0 saturated heterocycles. The van der Waals surface area contributed by atoms with E-state index < -0.39 is 5.97 Å². The molecule has 1 aliphatic rings. The molecule has 1 aliphatic carbocycles. The van der Waals surface area contributed by atoms with Gasteiger partial charge in [0.25, 0.3) is 0 Å². The number of aliphatic carboxylic acids is 1. The van der Waals surface area contributed by atoms with Crippen LogP contribution in [0.4, 0.5) is 0 Å². The van der Waals surface area contributed by atoms with E-state index in [2.05, 4.69) is 27.7 Å². The van der Waals surface area contributed by atoms with E-state index in [9.17, 15) is 9.59 Å². The molecule has 0 bridgehead atoms. The molecule has 24 heavy (non-hydrogen) atoms. The Morgan fingerprint density at radius 1 is 1.08 bits per heavy atom. The molecule has 4 heteroatoms. The van der Waals surface area contributed by atoms with Crippen molar-refractivity contribution in [1.82, 2.24) is 0 Å². The maximum absolute atomic E-state index is 12.5. The predicted molar refractivity (Wildman–Crippen MR) is 95.7 cm³/mol. The number of carboxylic acids is 1. The minimum atomic E-state index is -0.733. The molecule has 2 unspecified atom stereocenters. The summed E-state index contributed by atoms with van der Waals surface area (Å²) in [4.78, 5) is 23.5. The molecule has 0 aromatic carbocycles. The smallest absolute Gasteiger partial charge is 0.309 e. The van der Waals surface area contributed by atoms with Crippen LogP contribution in [0.5, 0.6) is 0 Å². The van der Waals surface area contributed by atoms with Gasteiger partial charge in [0.1, 0.15) is 6.10 Å². The number of unbranched alkanes of at least 4 members (excludes halogenated alkanes) is 1. The Hall–Kier alpha value is -1.06. The number of carboxylic acid groups (broad SMARTS) is 1. The highest BCUT2D eigenvalue weighted by Gasteiger charge is 2.32. The van der Waals surface area contributed by atoms with Crippen molar-refractivity contribution in [2.24, 2.45) is 23.7 Å². The SMILES string of the molecule is CCCCC(CC)CC(OC(=O)C1CCC(C(=O)O)CC1)C(C)C. The van der Waals surface area contributed by atoms with Gasteiger partial charge in [-0.15, -0.1) is 0 Å². The molecule has 1 fully saturated rings. The van der Waals surface area contributed by atoms with Gasteiger partial charge >= 0.3 is 11.9 Å². The molecular formula is C20H36O4. The van der Waals surface area contributed by atoms with Crippen LogP contribution >= 0.6 is 0 Å². The normalized spacial score (nSPS) is 23.7. The van der Waals surface area contributed by atoms with Crippen LogP contribution in [0.1, 0.15) is 85.5 Å². The van der Waals surface area contributed by atoms with E-state index in [-0.39, 0.29) is 23.9 Å². The summed E-state index contributed by atoms with van der Waals surface area (Å²) in [5.41, 5.74) is 0. The highest BCUT2D eigenvalue weighted by atomic mass is 16.5. The molecule has 4 nitrogen and oxygen atoms in total. The van der Waals surface area contributed by atoms with E-state index in [0.717, 1.165) is 12.8 Å². The Labute approximate surface area is 147 Å². The van der Waals surface area contributed by atoms with Crippen molar-refractivity contribution in [3.63, 3.8) is 0 Å². The zero-order valence-corrected chi connectivity index (χ0v) is 15.9. The molecule has 1 saturated carbocycles. The average Bonchev–Trinajstić information content (AvgIpc) is 2.57. The summed E-state index contributed by atoms with van der Waals surface area (Å²) >= 11 is 0. The molecule has 0 aromatic rings. The molecule has 0 spiro atoms. The molecule has 0 amide bonds. The van der Waals surface area contributed by atoms with E-state index in [1.807, 2.05) is 0 Å². The van der Waals surface area contributed by atoms with Crippen LogP contribution in [-0.4, -0.2) is 23.1 Å². The first kappa shape index (κ1) is 21.0. The third-order valence-corrected chi connectivity index (χ3v) is 5.53. The molecular weight excluding hydrogens is 304 g/mol. The van der Waals surface area contributed by atoms with Crippen molar-refractivity contribution in [2.75, 3.05) is 0 Å². The molecule has 0 aliphatic heterocycles. The summed E-state index contributed by atoms with van der Waals surface area (Å²) in [6, 6.07) is 0. The van der Waals surface area contributed by atoms with Gasteiger partial charge in [-0.3, -0.25) is 9.59 Å². The highest BCUT2D eigenvalue weighted by molar-refractivity contribution is 5.74. The fourth-order valence-corrected chi connectivity index (χ4v) is 3.59. The summed E-state index contributed by atoms with van der Waals surface area (Å²) < 4.78 is 5.87. The van der Waals surface area contributed by atoms with Gasteiger partial charge in [-0.05, 0) is 43.9 Å².